The van der Waals surface area contributed by atoms with Crippen molar-refractivity contribution in [1.82, 2.24) is 15.5 Å². The van der Waals surface area contributed by atoms with Gasteiger partial charge in [0, 0.05) is 31.1 Å². The Balaban J connectivity index is 1.20. The summed E-state index contributed by atoms with van der Waals surface area (Å²) in [7, 11) is 0. The highest BCUT2D eigenvalue weighted by molar-refractivity contribution is 5.78. The predicted molar refractivity (Wildman–Crippen MR) is 102 cm³/mol. The minimum Gasteiger partial charge on any atom is -0.373 e. The fraction of sp³-hybridized carbons (Fsp3) is 0.619. The summed E-state index contributed by atoms with van der Waals surface area (Å²) in [5.41, 5.74) is 1.42. The third-order valence-corrected chi connectivity index (χ3v) is 6.18. The van der Waals surface area contributed by atoms with Crippen LogP contribution in [-0.2, 0) is 9.53 Å². The van der Waals surface area contributed by atoms with E-state index in [1.54, 1.807) is 0 Å². The number of carbonyl (C=O) groups excluding carboxylic acids is 1. The molecule has 6 heteroatoms. The molecule has 3 fully saturated rings. The highest BCUT2D eigenvalue weighted by Gasteiger charge is 2.46. The van der Waals surface area contributed by atoms with E-state index in [2.05, 4.69) is 45.9 Å². The summed E-state index contributed by atoms with van der Waals surface area (Å²) >= 11 is 0. The number of carbonyl (C=O) groups is 1. The van der Waals surface area contributed by atoms with Crippen LogP contribution < -0.4 is 10.6 Å². The lowest BCUT2D eigenvalue weighted by molar-refractivity contribution is -0.123. The van der Waals surface area contributed by atoms with E-state index in [0.717, 1.165) is 39.0 Å². The predicted octanol–water partition coefficient (Wildman–Crippen LogP) is 1.40. The second kappa shape index (κ2) is 7.97. The maximum absolute atomic E-state index is 11.8. The monoisotopic (exact) mass is 368 g/mol. The molecule has 1 amide bonds. The summed E-state index contributed by atoms with van der Waals surface area (Å²) in [5, 5.41) is 14.9. The van der Waals surface area contributed by atoms with Crippen LogP contribution in [0.5, 0.6) is 0 Å². The molecule has 1 aliphatic carbocycles. The average molecular weight is 368 g/mol. The number of ether oxygens (including phenoxy) is 1. The number of benzene rings is 1. The summed E-state index contributed by atoms with van der Waals surface area (Å²) in [5.74, 6) is 0.580. The summed E-state index contributed by atoms with van der Waals surface area (Å²) in [4.78, 5) is 13.9. The van der Waals surface area contributed by atoms with Gasteiger partial charge in [-0.1, -0.05) is 30.3 Å². The molecule has 1 unspecified atom stereocenters. The maximum atomic E-state index is 11.8. The Morgan fingerprint density at radius 1 is 1.30 bits per heavy atom. The first-order valence-electron chi connectivity index (χ1n) is 9.98. The number of nitriles is 1. The van der Waals surface area contributed by atoms with Crippen molar-refractivity contribution < 1.29 is 9.53 Å². The highest BCUT2D eigenvalue weighted by atomic mass is 16.5. The lowest BCUT2D eigenvalue weighted by Gasteiger charge is -2.38. The molecule has 1 saturated carbocycles. The van der Waals surface area contributed by atoms with Crippen molar-refractivity contribution in [3.63, 3.8) is 0 Å². The Morgan fingerprint density at radius 3 is 2.81 bits per heavy atom. The van der Waals surface area contributed by atoms with Gasteiger partial charge in [0.25, 0.3) is 0 Å². The molecule has 3 aliphatic rings. The Kier molecular flexibility index (Phi) is 5.44. The number of amides is 1. The summed E-state index contributed by atoms with van der Waals surface area (Å²) in [6.07, 6.45) is 4.24. The average Bonchev–Trinajstić information content (AvgIpc) is 3.35. The molecule has 1 aromatic rings. The van der Waals surface area contributed by atoms with Crippen molar-refractivity contribution in [1.29, 1.82) is 5.26 Å². The zero-order valence-electron chi connectivity index (χ0n) is 15.7. The number of likely N-dealkylation sites (tertiary alicyclic amines) is 1. The molecule has 1 spiro atoms. The Labute approximate surface area is 160 Å². The number of rotatable bonds is 6. The van der Waals surface area contributed by atoms with Gasteiger partial charge in [0.2, 0.25) is 5.91 Å². The summed E-state index contributed by atoms with van der Waals surface area (Å²) in [6, 6.07) is 13.7. The number of piperidine rings is 1. The Bertz CT molecular complexity index is 694. The van der Waals surface area contributed by atoms with Gasteiger partial charge in [-0.2, -0.15) is 5.26 Å². The molecule has 2 N–H and O–H groups in total. The van der Waals surface area contributed by atoms with E-state index in [1.807, 2.05) is 6.07 Å². The zero-order valence-corrected chi connectivity index (χ0v) is 15.7. The van der Waals surface area contributed by atoms with E-state index in [4.69, 9.17) is 10.00 Å². The van der Waals surface area contributed by atoms with Crippen LogP contribution in [0.15, 0.2) is 30.3 Å². The van der Waals surface area contributed by atoms with Crippen molar-refractivity contribution in [3.05, 3.63) is 35.9 Å². The number of hydrogen-bond acceptors (Lipinski definition) is 5. The van der Waals surface area contributed by atoms with E-state index in [0.29, 0.717) is 24.5 Å². The van der Waals surface area contributed by atoms with E-state index >= 15 is 0 Å². The van der Waals surface area contributed by atoms with Gasteiger partial charge in [0.1, 0.15) is 6.54 Å². The van der Waals surface area contributed by atoms with Crippen molar-refractivity contribution in [2.45, 2.75) is 49.3 Å². The zero-order chi connectivity index (χ0) is 18.7. The molecule has 27 heavy (non-hydrogen) atoms. The largest absolute Gasteiger partial charge is 0.373 e. The normalized spacial score (nSPS) is 29.4. The minimum atomic E-state index is -0.0694. The molecule has 6 nitrogen and oxygen atoms in total. The first kappa shape index (κ1) is 18.4. The van der Waals surface area contributed by atoms with Gasteiger partial charge < -0.3 is 15.4 Å². The molecule has 0 radical (unpaired) electrons. The van der Waals surface area contributed by atoms with Crippen LogP contribution in [0.1, 0.15) is 37.2 Å². The number of nitrogens with zero attached hydrogens (tertiary/aromatic N) is 2. The first-order valence-corrected chi connectivity index (χ1v) is 9.98. The van der Waals surface area contributed by atoms with Crippen molar-refractivity contribution >= 4 is 5.91 Å². The van der Waals surface area contributed by atoms with Gasteiger partial charge in [0.05, 0.1) is 24.8 Å². The molecule has 2 saturated heterocycles. The number of hydrogen-bond donors (Lipinski definition) is 2. The highest BCUT2D eigenvalue weighted by Crippen LogP contribution is 2.43. The lowest BCUT2D eigenvalue weighted by atomic mass is 9.87. The standard InChI is InChI=1S/C21H28N4O2/c22-8-9-23-20(26)14-25-10-6-21(7-11-25)13-17(15-27-21)24-19-12-18(19)16-4-2-1-3-5-16/h1-5,17-19,24H,6-7,9-15H2,(H,23,26)/t17?,18-,19+/m0/s1. The first-order chi connectivity index (χ1) is 13.2. The second-order valence-electron chi connectivity index (χ2n) is 8.13. The van der Waals surface area contributed by atoms with Crippen molar-refractivity contribution in [2.24, 2.45) is 0 Å². The van der Waals surface area contributed by atoms with E-state index < -0.39 is 0 Å². The Hall–Kier alpha value is -1.94. The third-order valence-electron chi connectivity index (χ3n) is 6.18. The molecular weight excluding hydrogens is 340 g/mol. The second-order valence-corrected chi connectivity index (χ2v) is 8.13. The van der Waals surface area contributed by atoms with Crippen LogP contribution in [0.2, 0.25) is 0 Å². The van der Waals surface area contributed by atoms with Crippen LogP contribution in [0.4, 0.5) is 0 Å². The van der Waals surface area contributed by atoms with Gasteiger partial charge >= 0.3 is 0 Å². The smallest absolute Gasteiger partial charge is 0.235 e. The molecule has 0 aromatic heterocycles. The molecule has 0 bridgehead atoms. The van der Waals surface area contributed by atoms with Gasteiger partial charge in [-0.3, -0.25) is 9.69 Å². The fourth-order valence-electron chi connectivity index (χ4n) is 4.57. The molecule has 2 aliphatic heterocycles. The Morgan fingerprint density at radius 2 is 2.07 bits per heavy atom. The van der Waals surface area contributed by atoms with Crippen LogP contribution in [0.3, 0.4) is 0 Å². The van der Waals surface area contributed by atoms with Gasteiger partial charge in [-0.25, -0.2) is 0 Å². The molecule has 144 valence electrons. The van der Waals surface area contributed by atoms with E-state index in [9.17, 15) is 4.79 Å². The molecule has 1 aromatic carbocycles. The minimum absolute atomic E-state index is 0.0194. The van der Waals surface area contributed by atoms with Crippen molar-refractivity contribution in [2.75, 3.05) is 32.8 Å². The van der Waals surface area contributed by atoms with E-state index in [1.165, 1.54) is 12.0 Å². The molecule has 4 rings (SSSR count). The quantitative estimate of drug-likeness (QED) is 0.742. The van der Waals surface area contributed by atoms with Gasteiger partial charge in [-0.05, 0) is 31.2 Å². The van der Waals surface area contributed by atoms with Gasteiger partial charge in [-0.15, -0.1) is 0 Å². The van der Waals surface area contributed by atoms with Crippen LogP contribution in [0, 0.1) is 11.3 Å². The van der Waals surface area contributed by atoms with Crippen LogP contribution in [0.25, 0.3) is 0 Å². The molecular formula is C21H28N4O2. The summed E-state index contributed by atoms with van der Waals surface area (Å²) < 4.78 is 6.25. The molecule has 3 atom stereocenters. The van der Waals surface area contributed by atoms with Crippen molar-refractivity contribution in [3.8, 4) is 6.07 Å². The molecule has 2 heterocycles. The van der Waals surface area contributed by atoms with E-state index in [-0.39, 0.29) is 18.1 Å². The van der Waals surface area contributed by atoms with Gasteiger partial charge in [0.15, 0.2) is 0 Å². The van der Waals surface area contributed by atoms with Crippen LogP contribution in [-0.4, -0.2) is 61.3 Å². The fourth-order valence-corrected chi connectivity index (χ4v) is 4.57. The third kappa shape index (κ3) is 4.49. The summed E-state index contributed by atoms with van der Waals surface area (Å²) in [6.45, 7) is 3.00. The SMILES string of the molecule is N#CCNC(=O)CN1CCC2(CC1)CC(N[C@@H]1C[C@H]1c1ccccc1)CO2. The number of nitrogens with one attached hydrogen (secondary N) is 2. The van der Waals surface area contributed by atoms with Crippen LogP contribution >= 0.6 is 0 Å². The topological polar surface area (TPSA) is 77.4 Å². The maximum Gasteiger partial charge on any atom is 0.235 e. The lowest BCUT2D eigenvalue weighted by Crippen LogP contribution is -2.48.